The van der Waals surface area contributed by atoms with E-state index in [1.807, 2.05) is 0 Å². The summed E-state index contributed by atoms with van der Waals surface area (Å²) in [6.45, 7) is 3.01. The molecular weight excluding hydrogens is 262 g/mol. The zero-order valence-electron chi connectivity index (χ0n) is 11.1. The van der Waals surface area contributed by atoms with E-state index in [9.17, 15) is 8.42 Å². The van der Waals surface area contributed by atoms with Gasteiger partial charge in [-0.2, -0.15) is 0 Å². The van der Waals surface area contributed by atoms with E-state index < -0.39 is 10.0 Å². The molecule has 0 amide bonds. The molecule has 0 bridgehead atoms. The Labute approximate surface area is 114 Å². The van der Waals surface area contributed by atoms with Crippen molar-refractivity contribution in [2.75, 3.05) is 17.6 Å². The maximum absolute atomic E-state index is 11.4. The zero-order chi connectivity index (χ0) is 14.1. The summed E-state index contributed by atoms with van der Waals surface area (Å²) < 4.78 is 22.8. The number of primary sulfonamides is 1. The van der Waals surface area contributed by atoms with Gasteiger partial charge in [0.1, 0.15) is 4.90 Å². The van der Waals surface area contributed by atoms with E-state index in [0.29, 0.717) is 11.1 Å². The first-order valence-electron chi connectivity index (χ1n) is 6.53. The van der Waals surface area contributed by atoms with E-state index in [2.05, 4.69) is 12.2 Å². The van der Waals surface area contributed by atoms with Crippen LogP contribution in [-0.4, -0.2) is 15.0 Å². The van der Waals surface area contributed by atoms with Crippen molar-refractivity contribution < 1.29 is 8.42 Å². The minimum atomic E-state index is -3.77. The number of nitrogens with one attached hydrogen (secondary N) is 1. The minimum Gasteiger partial charge on any atom is -0.396 e. The van der Waals surface area contributed by atoms with Gasteiger partial charge in [-0.1, -0.05) is 19.4 Å². The van der Waals surface area contributed by atoms with Gasteiger partial charge in [0.15, 0.2) is 0 Å². The Hall–Kier alpha value is -1.27. The highest BCUT2D eigenvalue weighted by Crippen LogP contribution is 2.44. The molecule has 1 saturated carbocycles. The molecule has 0 spiro atoms. The molecule has 0 radical (unpaired) electrons. The molecule has 6 heteroatoms. The van der Waals surface area contributed by atoms with Crippen molar-refractivity contribution in [3.63, 3.8) is 0 Å². The van der Waals surface area contributed by atoms with Crippen LogP contribution in [0.1, 0.15) is 32.6 Å². The van der Waals surface area contributed by atoms with E-state index >= 15 is 0 Å². The average Bonchev–Trinajstić information content (AvgIpc) is 2.28. The molecule has 0 aliphatic heterocycles. The van der Waals surface area contributed by atoms with Gasteiger partial charge in [-0.15, -0.1) is 0 Å². The summed E-state index contributed by atoms with van der Waals surface area (Å²) in [5.74, 6) is 0. The lowest BCUT2D eigenvalue weighted by Gasteiger charge is -2.41. The number of hydrogen-bond acceptors (Lipinski definition) is 4. The Morgan fingerprint density at radius 3 is 2.53 bits per heavy atom. The van der Waals surface area contributed by atoms with Gasteiger partial charge in [-0.25, -0.2) is 13.6 Å². The van der Waals surface area contributed by atoms with Crippen LogP contribution in [0.4, 0.5) is 11.4 Å². The lowest BCUT2D eigenvalue weighted by Crippen LogP contribution is -2.36. The van der Waals surface area contributed by atoms with Gasteiger partial charge in [-0.05, 0) is 36.8 Å². The summed E-state index contributed by atoms with van der Waals surface area (Å²) >= 11 is 0. The molecule has 0 atom stereocenters. The summed E-state index contributed by atoms with van der Waals surface area (Å²) in [6.07, 6.45) is 4.81. The molecule has 1 aromatic rings. The van der Waals surface area contributed by atoms with E-state index in [1.165, 1.54) is 25.3 Å². The Bertz CT molecular complexity index is 560. The number of nitrogens with two attached hydrogens (primary N) is 2. The van der Waals surface area contributed by atoms with Crippen LogP contribution < -0.4 is 16.2 Å². The van der Waals surface area contributed by atoms with Crippen molar-refractivity contribution >= 4 is 21.4 Å². The average molecular weight is 283 g/mol. The molecule has 5 nitrogen and oxygen atoms in total. The quantitative estimate of drug-likeness (QED) is 0.719. The number of nitrogen functional groups attached to an aromatic ring is 1. The smallest absolute Gasteiger partial charge is 0.240 e. The molecule has 19 heavy (non-hydrogen) atoms. The summed E-state index contributed by atoms with van der Waals surface area (Å²) in [7, 11) is -3.77. The Kier molecular flexibility index (Phi) is 3.73. The van der Waals surface area contributed by atoms with Crippen LogP contribution in [0.2, 0.25) is 0 Å². The molecule has 1 aliphatic carbocycles. The first kappa shape index (κ1) is 14.1. The molecule has 1 aliphatic rings. The highest BCUT2D eigenvalue weighted by atomic mass is 32.2. The van der Waals surface area contributed by atoms with E-state index in [0.717, 1.165) is 13.0 Å². The molecule has 2 rings (SSSR count). The summed E-state index contributed by atoms with van der Waals surface area (Å²) in [5, 5.41) is 8.41. The molecule has 106 valence electrons. The number of hydrogen-bond donors (Lipinski definition) is 3. The second kappa shape index (κ2) is 5.02. The van der Waals surface area contributed by atoms with Crippen LogP contribution in [0.15, 0.2) is 23.1 Å². The number of sulfonamides is 1. The molecule has 0 heterocycles. The fraction of sp³-hybridized carbons (Fsp3) is 0.538. The van der Waals surface area contributed by atoms with E-state index in [-0.39, 0.29) is 10.6 Å². The largest absolute Gasteiger partial charge is 0.396 e. The highest BCUT2D eigenvalue weighted by Gasteiger charge is 2.34. The van der Waals surface area contributed by atoms with Crippen LogP contribution in [0.3, 0.4) is 0 Å². The SMILES string of the molecule is CCC1(CNc2cccc(S(N)(=O)=O)c2N)CCC1. The van der Waals surface area contributed by atoms with Crippen molar-refractivity contribution in [2.45, 2.75) is 37.5 Å². The normalized spacial score (nSPS) is 17.8. The minimum absolute atomic E-state index is 0.0170. The van der Waals surface area contributed by atoms with Gasteiger partial charge in [0.2, 0.25) is 10.0 Å². The molecule has 1 fully saturated rings. The van der Waals surface area contributed by atoms with Gasteiger partial charge >= 0.3 is 0 Å². The number of para-hydroxylation sites is 1. The van der Waals surface area contributed by atoms with Gasteiger partial charge in [0, 0.05) is 6.54 Å². The monoisotopic (exact) mass is 283 g/mol. The molecule has 0 aromatic heterocycles. The maximum atomic E-state index is 11.4. The molecular formula is C13H21N3O2S. The third kappa shape index (κ3) is 2.84. The zero-order valence-corrected chi connectivity index (χ0v) is 12.0. The lowest BCUT2D eigenvalue weighted by atomic mass is 9.67. The topological polar surface area (TPSA) is 98.2 Å². The number of benzene rings is 1. The first-order valence-corrected chi connectivity index (χ1v) is 8.08. The second-order valence-electron chi connectivity index (χ2n) is 5.32. The third-order valence-electron chi connectivity index (χ3n) is 4.19. The Morgan fingerprint density at radius 1 is 1.37 bits per heavy atom. The van der Waals surface area contributed by atoms with Crippen molar-refractivity contribution in [1.29, 1.82) is 0 Å². The predicted octanol–water partition coefficient (Wildman–Crippen LogP) is 1.91. The van der Waals surface area contributed by atoms with Crippen molar-refractivity contribution in [1.82, 2.24) is 0 Å². The third-order valence-corrected chi connectivity index (χ3v) is 5.16. The fourth-order valence-corrected chi connectivity index (χ4v) is 3.25. The second-order valence-corrected chi connectivity index (χ2v) is 6.85. The van der Waals surface area contributed by atoms with Crippen LogP contribution in [0.25, 0.3) is 0 Å². The maximum Gasteiger partial charge on any atom is 0.240 e. The van der Waals surface area contributed by atoms with Gasteiger partial charge < -0.3 is 11.1 Å². The first-order chi connectivity index (χ1) is 8.88. The van der Waals surface area contributed by atoms with E-state index in [4.69, 9.17) is 10.9 Å². The van der Waals surface area contributed by atoms with Gasteiger partial charge in [-0.3, -0.25) is 0 Å². The van der Waals surface area contributed by atoms with Crippen molar-refractivity contribution in [3.8, 4) is 0 Å². The van der Waals surface area contributed by atoms with Crippen LogP contribution in [0, 0.1) is 5.41 Å². The molecule has 1 aromatic carbocycles. The molecule has 5 N–H and O–H groups in total. The molecule has 0 unspecified atom stereocenters. The lowest BCUT2D eigenvalue weighted by molar-refractivity contribution is 0.145. The summed E-state index contributed by atoms with van der Waals surface area (Å²) in [5.41, 5.74) is 7.06. The summed E-state index contributed by atoms with van der Waals surface area (Å²) in [4.78, 5) is -0.0170. The van der Waals surface area contributed by atoms with Crippen molar-refractivity contribution in [3.05, 3.63) is 18.2 Å². The van der Waals surface area contributed by atoms with Crippen LogP contribution in [-0.2, 0) is 10.0 Å². The number of rotatable bonds is 5. The van der Waals surface area contributed by atoms with E-state index in [1.54, 1.807) is 12.1 Å². The fourth-order valence-electron chi connectivity index (χ4n) is 2.56. The summed E-state index contributed by atoms with van der Waals surface area (Å²) in [6, 6.07) is 4.86. The standard InChI is InChI=1S/C13H21N3O2S/c1-2-13(7-4-8-13)9-16-10-5-3-6-11(12(10)14)19(15,17)18/h3,5-6,16H,2,4,7-9,14H2,1H3,(H2,15,17,18). The Balaban J connectivity index is 2.18. The number of anilines is 2. The van der Waals surface area contributed by atoms with Gasteiger partial charge in [0.05, 0.1) is 11.4 Å². The van der Waals surface area contributed by atoms with Crippen LogP contribution >= 0.6 is 0 Å². The van der Waals surface area contributed by atoms with Crippen molar-refractivity contribution in [2.24, 2.45) is 10.6 Å². The highest BCUT2D eigenvalue weighted by molar-refractivity contribution is 7.89. The van der Waals surface area contributed by atoms with Gasteiger partial charge in [0.25, 0.3) is 0 Å². The van der Waals surface area contributed by atoms with Crippen LogP contribution in [0.5, 0.6) is 0 Å². The predicted molar refractivity (Wildman–Crippen MR) is 77.3 cm³/mol. The molecule has 0 saturated heterocycles. The Morgan fingerprint density at radius 2 is 2.05 bits per heavy atom.